The van der Waals surface area contributed by atoms with Crippen molar-refractivity contribution >= 4 is 99.6 Å². The Balaban J connectivity index is 0.000000130. The molecule has 5 fully saturated rings. The zero-order valence-corrected chi connectivity index (χ0v) is 81.4. The van der Waals surface area contributed by atoms with Gasteiger partial charge in [0.15, 0.2) is 29.1 Å². The van der Waals surface area contributed by atoms with Crippen LogP contribution >= 0.6 is 11.8 Å². The van der Waals surface area contributed by atoms with E-state index in [4.69, 9.17) is 105 Å². The lowest BCUT2D eigenvalue weighted by molar-refractivity contribution is -0.122. The third-order valence-corrected chi connectivity index (χ3v) is 27.7. The van der Waals surface area contributed by atoms with E-state index in [1.54, 1.807) is 54.8 Å². The molecule has 5 aromatic carbocycles. The number of benzene rings is 5. The van der Waals surface area contributed by atoms with Crippen LogP contribution in [0.1, 0.15) is 88.1 Å². The minimum Gasteiger partial charge on any atom is -0.491 e. The van der Waals surface area contributed by atoms with Crippen molar-refractivity contribution in [2.75, 3.05) is 109 Å². The summed E-state index contributed by atoms with van der Waals surface area (Å²) in [6.45, 7) is 51.7. The summed E-state index contributed by atoms with van der Waals surface area (Å²) in [6, 6.07) is 27.7. The van der Waals surface area contributed by atoms with Crippen molar-refractivity contribution in [1.82, 2.24) is 47.8 Å². The first-order valence-electron chi connectivity index (χ1n) is 47.7. The van der Waals surface area contributed by atoms with Crippen molar-refractivity contribution in [3.8, 4) is 85.7 Å². The molecule has 0 radical (unpaired) electrons. The molecule has 5 aromatic heterocycles. The Hall–Kier alpha value is -16.8. The van der Waals surface area contributed by atoms with E-state index < -0.39 is 12.2 Å². The predicted molar refractivity (Wildman–Crippen MR) is 534 cm³/mol. The third kappa shape index (κ3) is 22.4. The molecule has 10 amide bonds. The number of nitrogens with two attached hydrogens (primary N) is 5. The fourth-order valence-electron chi connectivity index (χ4n) is 18.6. The second-order valence-corrected chi connectivity index (χ2v) is 37.8. The number of anilines is 5. The lowest BCUT2D eigenvalue weighted by Crippen LogP contribution is -2.35. The SMILES string of the molecule is [C-]#[N+]C1CC(=O)N(c2cn3c(n2)-c2ccc(C[C@@H](C)C(N)=O)cc2OCC3)C1.[C-]#[N+]C[C@@H]1CCC(=O)N1c1cn2c(n1)-c1ccc(C[C@@H](C)C(N)=O)cc1OCC2.[C-]#[N+]C[C@@H]1COC(=O)N1c1cn2c(n1)-c1ccc(C[C@@H](C)C(N)=O)cc1OCC2.[C-]#[N+]C[C@@H]1COC(=O)N1c1cn2c(n1)-c1ccc(C[C@@H](CC)C(N)=O)cc1OCC2.[C-]#[N+]C[C@@H]1CSC(=O)N1c1cn2c(n1)-c1ccc(C[C@@H](C)C(N)=O)cc1OCC2. The molecule has 15 heterocycles. The Morgan fingerprint density at radius 1 is 0.393 bits per heavy atom. The maximum absolute atomic E-state index is 12.4. The van der Waals surface area contributed by atoms with Gasteiger partial charge in [0, 0.05) is 72.7 Å². The average Bonchev–Trinajstić information content (AvgIpc) is 1.61. The second kappa shape index (κ2) is 44.6. The summed E-state index contributed by atoms with van der Waals surface area (Å²) in [6.07, 6.45) is 13.0. The van der Waals surface area contributed by atoms with E-state index in [0.29, 0.717) is 199 Å². The number of cyclic esters (lactones) is 2. The molecule has 0 bridgehead atoms. The number of fused-ring (bicyclic) bond motifs is 15. The highest BCUT2D eigenvalue weighted by Crippen LogP contribution is 2.44. The fourth-order valence-corrected chi connectivity index (χ4v) is 19.6. The highest BCUT2D eigenvalue weighted by molar-refractivity contribution is 8.14. The van der Waals surface area contributed by atoms with E-state index in [1.165, 1.54) is 21.6 Å². The number of hydrogen-bond donors (Lipinski definition) is 5. The van der Waals surface area contributed by atoms with E-state index in [0.717, 1.165) is 73.1 Å². The number of carbonyl (C=O) groups excluding carboxylic acids is 10. The number of carbonyl (C=O) groups is 10. The molecule has 5 saturated heterocycles. The number of primary amides is 5. The molecular weight excluding hydrogens is 1880 g/mol. The zero-order chi connectivity index (χ0) is 103. The molecule has 10 N–H and O–H groups in total. The third-order valence-electron chi connectivity index (χ3n) is 26.7. The van der Waals surface area contributed by atoms with Gasteiger partial charge in [-0.05, 0) is 133 Å². The molecule has 10 aliphatic heterocycles. The number of nitrogens with zero attached hydrogens (tertiary/aromatic N) is 20. The van der Waals surface area contributed by atoms with E-state index in [2.05, 4.69) is 39.2 Å². The number of rotatable bonds is 25. The Kier molecular flexibility index (Phi) is 31.1. The Morgan fingerprint density at radius 3 is 1.02 bits per heavy atom. The van der Waals surface area contributed by atoms with Crippen LogP contribution in [-0.2, 0) is 108 Å². The Labute approximate surface area is 839 Å². The summed E-state index contributed by atoms with van der Waals surface area (Å²) in [5.74, 6) is 7.38. The van der Waals surface area contributed by atoms with Crippen LogP contribution in [0.15, 0.2) is 122 Å². The van der Waals surface area contributed by atoms with Crippen LogP contribution in [0.5, 0.6) is 28.7 Å². The van der Waals surface area contributed by atoms with E-state index in [9.17, 15) is 47.9 Å². The van der Waals surface area contributed by atoms with Crippen molar-refractivity contribution < 1.29 is 81.1 Å². The Morgan fingerprint density at radius 2 is 0.703 bits per heavy atom. The molecule has 0 saturated carbocycles. The van der Waals surface area contributed by atoms with Crippen LogP contribution in [-0.4, -0.2) is 221 Å². The summed E-state index contributed by atoms with van der Waals surface area (Å²) in [5, 5.41) is -0.0702. The van der Waals surface area contributed by atoms with Gasteiger partial charge in [0.05, 0.1) is 60.5 Å². The lowest BCUT2D eigenvalue weighted by Gasteiger charge is -2.18. The monoisotopic (exact) mass is 1990 g/mol. The fraction of sp³-hybridized carbons (Fsp3) is 0.412. The second-order valence-electron chi connectivity index (χ2n) is 36.8. The first kappa shape index (κ1) is 101. The minimum absolute atomic E-state index is 0.0131. The normalized spacial score (nSPS) is 18.9. The molecule has 0 spiro atoms. The van der Waals surface area contributed by atoms with E-state index in [1.807, 2.05) is 139 Å². The lowest BCUT2D eigenvalue weighted by atomic mass is 9.95. The topological polar surface area (TPSA) is 493 Å². The highest BCUT2D eigenvalue weighted by atomic mass is 32.2. The molecule has 10 aromatic rings. The van der Waals surface area contributed by atoms with Crippen molar-refractivity contribution in [3.05, 3.63) is 207 Å². The van der Waals surface area contributed by atoms with Gasteiger partial charge in [-0.3, -0.25) is 53.1 Å². The van der Waals surface area contributed by atoms with Crippen LogP contribution in [0.2, 0.25) is 0 Å². The number of amides is 10. The summed E-state index contributed by atoms with van der Waals surface area (Å²) in [5.41, 5.74) is 36.0. The van der Waals surface area contributed by atoms with Crippen LogP contribution in [0, 0.1) is 62.5 Å². The summed E-state index contributed by atoms with van der Waals surface area (Å²) < 4.78 is 49.6. The summed E-state index contributed by atoms with van der Waals surface area (Å²) >= 11 is 1.23. The van der Waals surface area contributed by atoms with Crippen LogP contribution in [0.25, 0.3) is 81.2 Å². The largest absolute Gasteiger partial charge is 0.491 e. The minimum atomic E-state index is -0.487. The first-order chi connectivity index (χ1) is 69.9. The molecule has 145 heavy (non-hydrogen) atoms. The summed E-state index contributed by atoms with van der Waals surface area (Å²) in [4.78, 5) is 167. The smallest absolute Gasteiger partial charge is 0.416 e. The van der Waals surface area contributed by atoms with Gasteiger partial charge in [0.1, 0.15) is 141 Å². The molecule has 10 aliphatic rings. The molecule has 1 unspecified atom stereocenters. The van der Waals surface area contributed by atoms with E-state index >= 15 is 0 Å². The number of thioether (sulfide) groups is 1. The standard InChI is InChI=1S/C21H23N5O4.C21H23N5O3.C20H21N5O4.C20H21N5O3S.C20H21N5O3/c1-3-14(19(22)27)8-13-4-5-16-17(9-13)29-7-6-25-11-18(24-20(16)25)26-15(10-23-2)12-30-21(26)28;1-13(20(22)28)9-14-3-5-16-17(10-14)29-8-7-25-12-18(24-21(16)25)26-15(11-23-2)4-6-19(26)27;2*1-12(18(21)26)7-13-3-4-15-16(8-13)28-6-5-24-10-17(23-19(15)24)25-14(9-22-2)11-29-20(25)27;1-12(19(21)27)7-13-3-4-15-16(8-13)28-6-5-24-11-17(23-20(15)24)25-10-14(22-2)9-18(25)26/h4-5,9,11,14-15H,3,6-8,10,12H2,1H3,(H2,22,27);3,5,10,12-13,15H,4,6-9,11H2,1H3,(H2,22,28);2*3-4,8,10,12,14H,5-7,9,11H2,1H3,(H2,21,26);3-4,8,11-12,14H,5-7,9-10H2,1H3,(H2,21,27)/t14-,15-;13-,15+;2*12-,14-;12-,14?/m11111/s1. The van der Waals surface area contributed by atoms with Gasteiger partial charge in [-0.15, -0.1) is 0 Å². The average molecular weight is 1990 g/mol. The van der Waals surface area contributed by atoms with Gasteiger partial charge in [-0.2, -0.15) is 0 Å². The molecule has 20 rings (SSSR count). The van der Waals surface area contributed by atoms with Gasteiger partial charge >= 0.3 is 12.2 Å². The van der Waals surface area contributed by atoms with Gasteiger partial charge in [-0.1, -0.05) is 76.7 Å². The first-order valence-corrected chi connectivity index (χ1v) is 48.7. The van der Waals surface area contributed by atoms with Crippen molar-refractivity contribution in [2.24, 2.45) is 58.3 Å². The molecule has 43 heteroatoms. The number of aromatic nitrogens is 10. The van der Waals surface area contributed by atoms with Gasteiger partial charge in [0.25, 0.3) is 5.24 Å². The van der Waals surface area contributed by atoms with Crippen molar-refractivity contribution in [1.29, 1.82) is 0 Å². The number of imidazole rings is 5. The molecular formula is C102H109N25O17S. The maximum Gasteiger partial charge on any atom is 0.416 e. The predicted octanol–water partition coefficient (Wildman–Crippen LogP) is 10.3. The van der Waals surface area contributed by atoms with Crippen LogP contribution < -0.4 is 76.9 Å². The molecule has 0 aliphatic carbocycles. The van der Waals surface area contributed by atoms with Crippen molar-refractivity contribution in [2.45, 2.75) is 155 Å². The van der Waals surface area contributed by atoms with Gasteiger partial charge < -0.3 is 109 Å². The van der Waals surface area contributed by atoms with Crippen LogP contribution in [0.4, 0.5) is 43.5 Å². The number of ether oxygens (including phenoxy) is 7. The summed E-state index contributed by atoms with van der Waals surface area (Å²) in [7, 11) is 0. The highest BCUT2D eigenvalue weighted by Gasteiger charge is 2.44. The Bertz CT molecular complexity index is 6540. The quantitative estimate of drug-likeness (QED) is 0.0332. The van der Waals surface area contributed by atoms with Gasteiger partial charge in [0.2, 0.25) is 73.6 Å². The van der Waals surface area contributed by atoms with Crippen molar-refractivity contribution in [3.63, 3.8) is 0 Å². The molecule has 42 nitrogen and oxygen atoms in total. The zero-order valence-electron chi connectivity index (χ0n) is 80.6. The van der Waals surface area contributed by atoms with Crippen LogP contribution in [0.3, 0.4) is 0 Å². The molecule has 10 atom stereocenters. The maximum atomic E-state index is 12.4. The van der Waals surface area contributed by atoms with E-state index in [-0.39, 0.29) is 152 Å². The van der Waals surface area contributed by atoms with Gasteiger partial charge in [-0.25, -0.2) is 77.2 Å². The number of hydrogen-bond acceptors (Lipinski definition) is 23. The molecule has 750 valence electrons.